The van der Waals surface area contributed by atoms with E-state index in [0.29, 0.717) is 12.0 Å². The number of aromatic carboxylic acids is 2. The Kier molecular flexibility index (Phi) is 6.83. The monoisotopic (exact) mass is 244 g/mol. The van der Waals surface area contributed by atoms with Crippen LogP contribution in [0.1, 0.15) is 46.0 Å². The number of rotatable bonds is 5. The Morgan fingerprint density at radius 3 is 1.94 bits per heavy atom. The van der Waals surface area contributed by atoms with Gasteiger partial charge in [-0.15, -0.1) is 0 Å². The zero-order valence-electron chi connectivity index (χ0n) is 9.69. The van der Waals surface area contributed by atoms with Crippen LogP contribution in [0.4, 0.5) is 0 Å². The second kappa shape index (κ2) is 7.29. The van der Waals surface area contributed by atoms with Gasteiger partial charge in [-0.1, -0.05) is 31.5 Å². The third kappa shape index (κ3) is 4.01. The Bertz CT molecular complexity index is 383. The van der Waals surface area contributed by atoms with Crippen molar-refractivity contribution < 1.29 is 19.8 Å². The van der Waals surface area contributed by atoms with Gasteiger partial charge in [0.1, 0.15) is 0 Å². The van der Waals surface area contributed by atoms with Crippen molar-refractivity contribution in [3.63, 3.8) is 0 Å². The van der Waals surface area contributed by atoms with Gasteiger partial charge in [0.05, 0.1) is 11.9 Å². The first kappa shape index (κ1) is 15.9. The van der Waals surface area contributed by atoms with E-state index in [1.807, 2.05) is 6.92 Å². The molecule has 0 aliphatic heterocycles. The quantitative estimate of drug-likeness (QED) is 0.646. The second-order valence-electron chi connectivity index (χ2n) is 3.51. The Morgan fingerprint density at radius 1 is 1.12 bits per heavy atom. The second-order valence-corrected chi connectivity index (χ2v) is 3.51. The van der Waals surface area contributed by atoms with Crippen LogP contribution in [0.5, 0.6) is 0 Å². The molecular formula is C12H12MgO4. The van der Waals surface area contributed by atoms with Crippen LogP contribution in [0.3, 0.4) is 0 Å². The molecule has 0 saturated carbocycles. The SMILES string of the molecule is CCCCc1c(C(=O)[O-])cccc1C(=O)[O-].[Mg+2]. The summed E-state index contributed by atoms with van der Waals surface area (Å²) in [6.45, 7) is 1.94. The average molecular weight is 245 g/mol. The summed E-state index contributed by atoms with van der Waals surface area (Å²) in [5, 5.41) is 21.7. The third-order valence-corrected chi connectivity index (χ3v) is 2.40. The van der Waals surface area contributed by atoms with E-state index in [-0.39, 0.29) is 34.2 Å². The van der Waals surface area contributed by atoms with Gasteiger partial charge < -0.3 is 19.8 Å². The minimum Gasteiger partial charge on any atom is -0.545 e. The molecule has 4 nitrogen and oxygen atoms in total. The summed E-state index contributed by atoms with van der Waals surface area (Å²) in [6, 6.07) is 4.09. The fraction of sp³-hybridized carbons (Fsp3) is 0.333. The summed E-state index contributed by atoms with van der Waals surface area (Å²) >= 11 is 0. The van der Waals surface area contributed by atoms with E-state index in [0.717, 1.165) is 12.8 Å². The van der Waals surface area contributed by atoms with E-state index in [1.165, 1.54) is 18.2 Å². The predicted molar refractivity (Wildman–Crippen MR) is 59.5 cm³/mol. The Labute approximate surface area is 116 Å². The molecule has 0 spiro atoms. The molecule has 0 aliphatic rings. The number of hydrogen-bond acceptors (Lipinski definition) is 4. The molecule has 0 aliphatic carbocycles. The van der Waals surface area contributed by atoms with E-state index in [2.05, 4.69) is 0 Å². The van der Waals surface area contributed by atoms with Gasteiger partial charge in [0.25, 0.3) is 0 Å². The van der Waals surface area contributed by atoms with Gasteiger partial charge >= 0.3 is 23.1 Å². The maximum absolute atomic E-state index is 10.8. The van der Waals surface area contributed by atoms with Crippen LogP contribution in [0, 0.1) is 0 Å². The van der Waals surface area contributed by atoms with Crippen molar-refractivity contribution in [2.45, 2.75) is 26.2 Å². The van der Waals surface area contributed by atoms with Crippen molar-refractivity contribution in [3.05, 3.63) is 34.9 Å². The molecule has 0 bridgehead atoms. The fourth-order valence-corrected chi connectivity index (χ4v) is 1.59. The van der Waals surface area contributed by atoms with Gasteiger partial charge in [-0.25, -0.2) is 0 Å². The topological polar surface area (TPSA) is 80.3 Å². The number of carboxylic acid groups (broad SMARTS) is 2. The molecule has 0 heterocycles. The molecule has 1 aromatic rings. The fourth-order valence-electron chi connectivity index (χ4n) is 1.59. The van der Waals surface area contributed by atoms with Crippen LogP contribution in [0.25, 0.3) is 0 Å². The van der Waals surface area contributed by atoms with Crippen molar-refractivity contribution >= 4 is 35.0 Å². The molecule has 0 radical (unpaired) electrons. The molecule has 0 N–H and O–H groups in total. The van der Waals surface area contributed by atoms with Crippen molar-refractivity contribution in [1.29, 1.82) is 0 Å². The number of unbranched alkanes of at least 4 members (excludes halogenated alkanes) is 1. The molecule has 1 aromatic carbocycles. The van der Waals surface area contributed by atoms with Crippen LogP contribution in [-0.4, -0.2) is 35.0 Å². The maximum atomic E-state index is 10.8. The van der Waals surface area contributed by atoms with Crippen LogP contribution >= 0.6 is 0 Å². The smallest absolute Gasteiger partial charge is 0.545 e. The first-order valence-electron chi connectivity index (χ1n) is 5.12. The van der Waals surface area contributed by atoms with Crippen LogP contribution < -0.4 is 10.2 Å². The Balaban J connectivity index is 0.00000256. The zero-order chi connectivity index (χ0) is 12.1. The molecule has 0 saturated heterocycles. The van der Waals surface area contributed by atoms with E-state index in [4.69, 9.17) is 0 Å². The van der Waals surface area contributed by atoms with Crippen LogP contribution in [0.15, 0.2) is 18.2 Å². The minimum absolute atomic E-state index is 0. The normalized spacial score (nSPS) is 9.47. The summed E-state index contributed by atoms with van der Waals surface area (Å²) in [5.41, 5.74) is 0.176. The van der Waals surface area contributed by atoms with Gasteiger partial charge in [-0.2, -0.15) is 0 Å². The summed E-state index contributed by atoms with van der Waals surface area (Å²) in [5.74, 6) is -2.71. The average Bonchev–Trinajstić information content (AvgIpc) is 2.25. The van der Waals surface area contributed by atoms with E-state index in [9.17, 15) is 19.8 Å². The Morgan fingerprint density at radius 2 is 1.59 bits per heavy atom. The van der Waals surface area contributed by atoms with Gasteiger partial charge in [-0.3, -0.25) is 0 Å². The van der Waals surface area contributed by atoms with Crippen molar-refractivity contribution in [1.82, 2.24) is 0 Å². The molecule has 17 heavy (non-hydrogen) atoms. The largest absolute Gasteiger partial charge is 2.00 e. The molecule has 0 amide bonds. The summed E-state index contributed by atoms with van der Waals surface area (Å²) in [4.78, 5) is 21.7. The van der Waals surface area contributed by atoms with Crippen LogP contribution in [0.2, 0.25) is 0 Å². The summed E-state index contributed by atoms with van der Waals surface area (Å²) in [6.07, 6.45) is 1.99. The number of carbonyl (C=O) groups is 2. The standard InChI is InChI=1S/C12H14O4.Mg/c1-2-3-5-8-9(11(13)14)6-4-7-10(8)12(15)16;/h4,6-7H,2-3,5H2,1H3,(H,13,14)(H,15,16);/q;+2/p-2. The summed E-state index contributed by atoms with van der Waals surface area (Å²) in [7, 11) is 0. The number of carboxylic acids is 2. The minimum atomic E-state index is -1.35. The van der Waals surface area contributed by atoms with Crippen molar-refractivity contribution in [2.75, 3.05) is 0 Å². The van der Waals surface area contributed by atoms with Gasteiger partial charge in [0, 0.05) is 11.1 Å². The van der Waals surface area contributed by atoms with Gasteiger partial charge in [0.15, 0.2) is 0 Å². The number of benzene rings is 1. The molecule has 5 heteroatoms. The summed E-state index contributed by atoms with van der Waals surface area (Å²) < 4.78 is 0. The third-order valence-electron chi connectivity index (χ3n) is 2.40. The first-order valence-corrected chi connectivity index (χ1v) is 5.12. The first-order chi connectivity index (χ1) is 7.57. The molecule has 1 rings (SSSR count). The van der Waals surface area contributed by atoms with Crippen LogP contribution in [-0.2, 0) is 6.42 Å². The molecule has 0 atom stereocenters. The van der Waals surface area contributed by atoms with E-state index >= 15 is 0 Å². The Hall–Kier alpha value is -1.07. The van der Waals surface area contributed by atoms with Crippen molar-refractivity contribution in [2.24, 2.45) is 0 Å². The molecule has 0 unspecified atom stereocenters. The molecular weight excluding hydrogens is 232 g/mol. The van der Waals surface area contributed by atoms with E-state index < -0.39 is 11.9 Å². The molecule has 86 valence electrons. The maximum Gasteiger partial charge on any atom is 2.00 e. The molecule has 0 fully saturated rings. The molecule has 0 aromatic heterocycles. The number of carbonyl (C=O) groups excluding carboxylic acids is 2. The zero-order valence-corrected chi connectivity index (χ0v) is 11.1. The van der Waals surface area contributed by atoms with E-state index in [1.54, 1.807) is 0 Å². The number of hydrogen-bond donors (Lipinski definition) is 0. The van der Waals surface area contributed by atoms with Gasteiger partial charge in [0.2, 0.25) is 0 Å². The predicted octanol–water partition coefficient (Wildman–Crippen LogP) is -0.625. The van der Waals surface area contributed by atoms with Crippen molar-refractivity contribution in [3.8, 4) is 0 Å². The van der Waals surface area contributed by atoms with Gasteiger partial charge in [-0.05, 0) is 18.4 Å².